The molecule has 0 bridgehead atoms. The molecule has 3 nitrogen and oxygen atoms in total. The Balaban J connectivity index is 1.78. The summed E-state index contributed by atoms with van der Waals surface area (Å²) in [5.74, 6) is -0.249. The largest absolute Gasteiger partial charge is 0.435 e. The smallest absolute Gasteiger partial charge is 0.307 e. The van der Waals surface area contributed by atoms with Crippen LogP contribution in [0.3, 0.4) is 0 Å². The lowest BCUT2D eigenvalue weighted by Crippen LogP contribution is -1.94. The van der Waals surface area contributed by atoms with Gasteiger partial charge in [-0.25, -0.2) is 0 Å². The molecule has 0 aromatic carbocycles. The molecule has 1 fully saturated rings. The first-order valence-electron chi connectivity index (χ1n) is 9.71. The lowest BCUT2D eigenvalue weighted by molar-refractivity contribution is -0.135. The van der Waals surface area contributed by atoms with Crippen molar-refractivity contribution in [3.05, 3.63) is 12.3 Å². The molecular weight excluding hydrogens is 288 g/mol. The Morgan fingerprint density at radius 1 is 0.913 bits per heavy atom. The number of hydrogen-bond acceptors (Lipinski definition) is 3. The highest BCUT2D eigenvalue weighted by Crippen LogP contribution is 2.31. The molecule has 0 saturated carbocycles. The molecule has 1 aliphatic heterocycles. The molecule has 0 spiro atoms. The van der Waals surface area contributed by atoms with Crippen molar-refractivity contribution in [2.45, 2.75) is 110 Å². The molecule has 1 saturated heterocycles. The number of epoxide rings is 1. The van der Waals surface area contributed by atoms with E-state index in [1.165, 1.54) is 90.2 Å². The lowest BCUT2D eigenvalue weighted by atomic mass is 10.0. The van der Waals surface area contributed by atoms with E-state index in [1.807, 2.05) is 6.08 Å². The summed E-state index contributed by atoms with van der Waals surface area (Å²) in [6, 6.07) is 0. The van der Waals surface area contributed by atoms with E-state index in [0.717, 1.165) is 6.42 Å². The summed E-state index contributed by atoms with van der Waals surface area (Å²) in [5.41, 5.74) is 0. The van der Waals surface area contributed by atoms with E-state index < -0.39 is 0 Å². The molecule has 0 N–H and O–H groups in total. The number of esters is 1. The van der Waals surface area contributed by atoms with Gasteiger partial charge in [0.25, 0.3) is 0 Å². The molecule has 0 aliphatic carbocycles. The number of carbonyl (C=O) groups excluding carboxylic acids is 1. The predicted molar refractivity (Wildman–Crippen MR) is 95.3 cm³/mol. The zero-order chi connectivity index (χ0) is 16.8. The van der Waals surface area contributed by atoms with Crippen molar-refractivity contribution >= 4 is 5.97 Å². The minimum Gasteiger partial charge on any atom is -0.435 e. The van der Waals surface area contributed by atoms with Crippen LogP contribution < -0.4 is 0 Å². The van der Waals surface area contributed by atoms with Crippen LogP contribution in [0.15, 0.2) is 12.3 Å². The van der Waals surface area contributed by atoms with E-state index in [2.05, 4.69) is 6.92 Å². The van der Waals surface area contributed by atoms with Gasteiger partial charge in [0, 0.05) is 6.92 Å². The van der Waals surface area contributed by atoms with E-state index >= 15 is 0 Å². The second-order valence-corrected chi connectivity index (χ2v) is 6.74. The van der Waals surface area contributed by atoms with Crippen molar-refractivity contribution in [1.29, 1.82) is 0 Å². The van der Waals surface area contributed by atoms with E-state index in [-0.39, 0.29) is 5.97 Å². The first-order valence-corrected chi connectivity index (χ1v) is 9.71. The molecule has 1 rings (SSSR count). The van der Waals surface area contributed by atoms with Gasteiger partial charge in [0.2, 0.25) is 0 Å². The van der Waals surface area contributed by atoms with Gasteiger partial charge < -0.3 is 9.47 Å². The summed E-state index contributed by atoms with van der Waals surface area (Å²) in [5, 5.41) is 0. The number of carbonyl (C=O) groups is 1. The van der Waals surface area contributed by atoms with Gasteiger partial charge in [0.05, 0.1) is 18.5 Å². The van der Waals surface area contributed by atoms with Crippen LogP contribution >= 0.6 is 0 Å². The molecule has 134 valence electrons. The summed E-state index contributed by atoms with van der Waals surface area (Å²) in [7, 11) is 0. The van der Waals surface area contributed by atoms with Crippen LogP contribution in [0.1, 0.15) is 97.3 Å². The Kier molecular flexibility index (Phi) is 11.9. The maximum Gasteiger partial charge on any atom is 0.307 e. The molecule has 2 atom stereocenters. The standard InChI is InChI=1S/C20H36O3/c1-3-4-5-6-9-12-15-19-20(23-19)16-13-10-7-8-11-14-17-22-18(2)21/h14,17,19-20H,3-13,15-16H2,1-2H3/b17-14+. The van der Waals surface area contributed by atoms with Gasteiger partial charge in [-0.15, -0.1) is 0 Å². The van der Waals surface area contributed by atoms with E-state index in [0.29, 0.717) is 12.2 Å². The zero-order valence-electron chi connectivity index (χ0n) is 15.2. The Morgan fingerprint density at radius 3 is 2.09 bits per heavy atom. The third-order valence-electron chi connectivity index (χ3n) is 4.47. The highest BCUT2D eigenvalue weighted by Gasteiger charge is 2.36. The summed E-state index contributed by atoms with van der Waals surface area (Å²) in [4.78, 5) is 10.6. The van der Waals surface area contributed by atoms with Crippen LogP contribution in [0.5, 0.6) is 0 Å². The first-order chi connectivity index (χ1) is 11.2. The van der Waals surface area contributed by atoms with Crippen LogP contribution in [0.25, 0.3) is 0 Å². The molecule has 1 aliphatic rings. The normalized spacial score (nSPS) is 20.1. The highest BCUT2D eigenvalue weighted by molar-refractivity contribution is 5.66. The van der Waals surface area contributed by atoms with Crippen molar-refractivity contribution < 1.29 is 14.3 Å². The summed E-state index contributed by atoms with van der Waals surface area (Å²) in [6.07, 6.45) is 21.3. The first kappa shape index (κ1) is 20.2. The van der Waals surface area contributed by atoms with Crippen molar-refractivity contribution in [2.75, 3.05) is 0 Å². The van der Waals surface area contributed by atoms with Gasteiger partial charge in [-0.3, -0.25) is 4.79 Å². The Labute approximate surface area is 142 Å². The monoisotopic (exact) mass is 324 g/mol. The lowest BCUT2D eigenvalue weighted by Gasteiger charge is -2.00. The Hall–Kier alpha value is -0.830. The third kappa shape index (κ3) is 12.3. The number of allylic oxidation sites excluding steroid dienone is 1. The third-order valence-corrected chi connectivity index (χ3v) is 4.47. The van der Waals surface area contributed by atoms with Crippen molar-refractivity contribution in [3.8, 4) is 0 Å². The van der Waals surface area contributed by atoms with Crippen LogP contribution in [-0.2, 0) is 14.3 Å². The molecule has 3 heteroatoms. The second kappa shape index (κ2) is 13.6. The summed E-state index contributed by atoms with van der Waals surface area (Å²) in [6.45, 7) is 3.69. The molecular formula is C20H36O3. The van der Waals surface area contributed by atoms with Crippen LogP contribution in [0.2, 0.25) is 0 Å². The van der Waals surface area contributed by atoms with Gasteiger partial charge in [-0.1, -0.05) is 64.7 Å². The topological polar surface area (TPSA) is 38.8 Å². The van der Waals surface area contributed by atoms with Crippen LogP contribution in [-0.4, -0.2) is 18.2 Å². The van der Waals surface area contributed by atoms with Crippen LogP contribution in [0, 0.1) is 0 Å². The molecule has 0 amide bonds. The van der Waals surface area contributed by atoms with Gasteiger partial charge in [-0.05, 0) is 31.8 Å². The van der Waals surface area contributed by atoms with Gasteiger partial charge >= 0.3 is 5.97 Å². The maximum absolute atomic E-state index is 10.6. The molecule has 0 aromatic rings. The Morgan fingerprint density at radius 2 is 1.48 bits per heavy atom. The van der Waals surface area contributed by atoms with Crippen LogP contribution in [0.4, 0.5) is 0 Å². The van der Waals surface area contributed by atoms with Crippen molar-refractivity contribution in [1.82, 2.24) is 0 Å². The quantitative estimate of drug-likeness (QED) is 0.162. The molecule has 0 aromatic heterocycles. The maximum atomic E-state index is 10.6. The minimum atomic E-state index is -0.249. The fourth-order valence-corrected chi connectivity index (χ4v) is 2.99. The zero-order valence-corrected chi connectivity index (χ0v) is 15.2. The predicted octanol–water partition coefficient (Wildman–Crippen LogP) is 5.92. The van der Waals surface area contributed by atoms with Gasteiger partial charge in [0.1, 0.15) is 0 Å². The second-order valence-electron chi connectivity index (χ2n) is 6.74. The van der Waals surface area contributed by atoms with E-state index in [9.17, 15) is 4.79 Å². The number of hydrogen-bond donors (Lipinski definition) is 0. The highest BCUT2D eigenvalue weighted by atomic mass is 16.6. The van der Waals surface area contributed by atoms with Gasteiger partial charge in [-0.2, -0.15) is 0 Å². The number of unbranched alkanes of at least 4 members (excludes halogenated alkanes) is 9. The average Bonchev–Trinajstić information content (AvgIpc) is 3.27. The molecule has 0 radical (unpaired) electrons. The SMILES string of the molecule is CCCCCCCCC1OC1CCCCCC/C=C/OC(C)=O. The van der Waals surface area contributed by atoms with Crippen molar-refractivity contribution in [2.24, 2.45) is 0 Å². The molecule has 23 heavy (non-hydrogen) atoms. The minimum absolute atomic E-state index is 0.249. The summed E-state index contributed by atoms with van der Waals surface area (Å²) >= 11 is 0. The molecule has 2 unspecified atom stereocenters. The van der Waals surface area contributed by atoms with E-state index in [4.69, 9.17) is 9.47 Å². The average molecular weight is 325 g/mol. The number of ether oxygens (including phenoxy) is 2. The van der Waals surface area contributed by atoms with Gasteiger partial charge in [0.15, 0.2) is 0 Å². The molecule has 1 heterocycles. The fraction of sp³-hybridized carbons (Fsp3) is 0.850. The van der Waals surface area contributed by atoms with Crippen molar-refractivity contribution in [3.63, 3.8) is 0 Å². The number of rotatable bonds is 15. The fourth-order valence-electron chi connectivity index (χ4n) is 2.99. The summed E-state index contributed by atoms with van der Waals surface area (Å²) < 4.78 is 10.5. The van der Waals surface area contributed by atoms with E-state index in [1.54, 1.807) is 0 Å². The Bertz CT molecular complexity index is 325.